The number of para-hydroxylation sites is 1. The van der Waals surface area contributed by atoms with Crippen molar-refractivity contribution in [2.24, 2.45) is 0 Å². The molecule has 1 aliphatic rings. The van der Waals surface area contributed by atoms with Crippen molar-refractivity contribution in [2.75, 3.05) is 10.2 Å². The van der Waals surface area contributed by atoms with Crippen LogP contribution in [0.3, 0.4) is 0 Å². The minimum atomic E-state index is -0.665. The van der Waals surface area contributed by atoms with Gasteiger partial charge in [-0.05, 0) is 44.0 Å². The largest absolute Gasteiger partial charge is 0.316 e. The minimum absolute atomic E-state index is 0.0267. The van der Waals surface area contributed by atoms with Crippen LogP contribution < -0.4 is 10.2 Å². The summed E-state index contributed by atoms with van der Waals surface area (Å²) < 4.78 is 0. The average Bonchev–Trinajstić information content (AvgIpc) is 2.82. The topological polar surface area (TPSA) is 62.3 Å². The monoisotopic (exact) mass is 295 g/mol. The van der Waals surface area contributed by atoms with Gasteiger partial charge in [0.15, 0.2) is 0 Å². The van der Waals surface area contributed by atoms with Gasteiger partial charge in [-0.15, -0.1) is 0 Å². The molecule has 1 aromatic carbocycles. The van der Waals surface area contributed by atoms with E-state index in [1.54, 1.807) is 17.0 Å². The molecule has 5 heteroatoms. The number of carbonyl (C=O) groups is 2. The number of nitrogens with zero attached hydrogens (tertiary/aromatic N) is 2. The smallest absolute Gasteiger partial charge is 0.302 e. The van der Waals surface area contributed by atoms with E-state index in [4.69, 9.17) is 0 Å². The predicted octanol–water partition coefficient (Wildman–Crippen LogP) is 2.31. The molecule has 0 saturated heterocycles. The average molecular weight is 295 g/mol. The van der Waals surface area contributed by atoms with Gasteiger partial charge in [0, 0.05) is 17.4 Å². The summed E-state index contributed by atoms with van der Waals surface area (Å²) in [7, 11) is 0. The van der Waals surface area contributed by atoms with Gasteiger partial charge < -0.3 is 10.2 Å². The number of aromatic nitrogens is 1. The van der Waals surface area contributed by atoms with Gasteiger partial charge in [0.05, 0.1) is 0 Å². The number of amides is 2. The van der Waals surface area contributed by atoms with E-state index in [9.17, 15) is 9.59 Å². The van der Waals surface area contributed by atoms with Crippen LogP contribution in [-0.4, -0.2) is 22.8 Å². The molecule has 22 heavy (non-hydrogen) atoms. The van der Waals surface area contributed by atoms with Gasteiger partial charge in [0.2, 0.25) is 0 Å². The molecular formula is C17H17N3O2. The Kier molecular flexibility index (Phi) is 3.63. The summed E-state index contributed by atoms with van der Waals surface area (Å²) in [4.78, 5) is 30.5. The number of rotatable bonds is 1. The molecule has 5 nitrogen and oxygen atoms in total. The Morgan fingerprint density at radius 2 is 1.95 bits per heavy atom. The number of pyridine rings is 1. The second kappa shape index (κ2) is 5.60. The first-order valence-electron chi connectivity index (χ1n) is 7.22. The lowest BCUT2D eigenvalue weighted by molar-refractivity contribution is -0.134. The van der Waals surface area contributed by atoms with E-state index in [1.165, 1.54) is 0 Å². The number of hydrogen-bond acceptors (Lipinski definition) is 3. The highest BCUT2D eigenvalue weighted by Gasteiger charge is 2.34. The Morgan fingerprint density at radius 1 is 1.18 bits per heavy atom. The zero-order valence-electron chi connectivity index (χ0n) is 12.5. The number of fused-ring (bicyclic) bond motifs is 1. The highest BCUT2D eigenvalue weighted by molar-refractivity contribution is 6.44. The number of hydrogen-bond donors (Lipinski definition) is 1. The lowest BCUT2D eigenvalue weighted by atomic mass is 10.1. The molecule has 112 valence electrons. The zero-order valence-corrected chi connectivity index (χ0v) is 12.5. The summed E-state index contributed by atoms with van der Waals surface area (Å²) in [6.45, 7) is 3.77. The summed E-state index contributed by atoms with van der Waals surface area (Å²) in [5, 5.41) is 2.57. The molecule has 1 aromatic heterocycles. The lowest BCUT2D eigenvalue weighted by Gasteiger charge is -2.21. The lowest BCUT2D eigenvalue weighted by Crippen LogP contribution is -2.43. The van der Waals surface area contributed by atoms with Crippen LogP contribution in [0.5, 0.6) is 0 Å². The van der Waals surface area contributed by atoms with Crippen molar-refractivity contribution in [3.8, 4) is 0 Å². The Balaban J connectivity index is 1.80. The van der Waals surface area contributed by atoms with Crippen LogP contribution in [0.2, 0.25) is 0 Å². The van der Waals surface area contributed by atoms with E-state index in [-0.39, 0.29) is 6.04 Å². The highest BCUT2D eigenvalue weighted by atomic mass is 16.2. The SMILES string of the molecule is Cc1cccc(NC(=O)C(=O)N2c3ccccc3CC2C)n1. The van der Waals surface area contributed by atoms with E-state index in [2.05, 4.69) is 10.3 Å². The molecule has 2 heterocycles. The normalized spacial score (nSPS) is 16.3. The summed E-state index contributed by atoms with van der Waals surface area (Å²) in [5.41, 5.74) is 2.68. The van der Waals surface area contributed by atoms with E-state index < -0.39 is 11.8 Å². The Bertz CT molecular complexity index is 742. The van der Waals surface area contributed by atoms with Crippen molar-refractivity contribution in [3.05, 3.63) is 53.7 Å². The molecular weight excluding hydrogens is 278 g/mol. The summed E-state index contributed by atoms with van der Waals surface area (Å²) in [6.07, 6.45) is 0.762. The van der Waals surface area contributed by atoms with Gasteiger partial charge in [-0.2, -0.15) is 0 Å². The number of anilines is 2. The molecule has 0 aliphatic carbocycles. The first-order chi connectivity index (χ1) is 10.6. The molecule has 1 N–H and O–H groups in total. The van der Waals surface area contributed by atoms with Crippen LogP contribution >= 0.6 is 0 Å². The molecule has 1 atom stereocenters. The third kappa shape index (κ3) is 2.57. The summed E-state index contributed by atoms with van der Waals surface area (Å²) >= 11 is 0. The van der Waals surface area contributed by atoms with Gasteiger partial charge in [0.25, 0.3) is 0 Å². The third-order valence-electron chi connectivity index (χ3n) is 3.75. The second-order valence-corrected chi connectivity index (χ2v) is 5.48. The summed E-state index contributed by atoms with van der Waals surface area (Å²) in [6, 6.07) is 12.9. The molecule has 0 radical (unpaired) electrons. The Morgan fingerprint density at radius 3 is 2.73 bits per heavy atom. The van der Waals surface area contributed by atoms with Crippen LogP contribution in [0.15, 0.2) is 42.5 Å². The van der Waals surface area contributed by atoms with Crippen molar-refractivity contribution in [1.29, 1.82) is 0 Å². The Labute approximate surface area is 129 Å². The molecule has 3 rings (SSSR count). The van der Waals surface area contributed by atoms with Gasteiger partial charge in [0.1, 0.15) is 5.82 Å². The van der Waals surface area contributed by atoms with Crippen LogP contribution in [0.1, 0.15) is 18.2 Å². The minimum Gasteiger partial charge on any atom is -0.302 e. The standard InChI is InChI=1S/C17H17N3O2/c1-11-6-5-9-15(18-11)19-16(21)17(22)20-12(2)10-13-7-3-4-8-14(13)20/h3-9,12H,10H2,1-2H3,(H,18,19,21). The van der Waals surface area contributed by atoms with Gasteiger partial charge in [-0.25, -0.2) is 4.98 Å². The number of aryl methyl sites for hydroxylation is 1. The molecule has 0 spiro atoms. The highest BCUT2D eigenvalue weighted by Crippen LogP contribution is 2.31. The van der Waals surface area contributed by atoms with Crippen LogP contribution in [-0.2, 0) is 16.0 Å². The van der Waals surface area contributed by atoms with E-state index in [1.807, 2.05) is 44.2 Å². The molecule has 2 amide bonds. The van der Waals surface area contributed by atoms with Crippen molar-refractivity contribution in [3.63, 3.8) is 0 Å². The van der Waals surface area contributed by atoms with Crippen LogP contribution in [0.25, 0.3) is 0 Å². The molecule has 1 unspecified atom stereocenters. The van der Waals surface area contributed by atoms with Crippen LogP contribution in [0, 0.1) is 6.92 Å². The molecule has 2 aromatic rings. The molecule has 0 saturated carbocycles. The number of nitrogens with one attached hydrogen (secondary N) is 1. The molecule has 0 bridgehead atoms. The Hall–Kier alpha value is -2.69. The van der Waals surface area contributed by atoms with Gasteiger partial charge in [-0.1, -0.05) is 24.3 Å². The maximum Gasteiger partial charge on any atom is 0.316 e. The quantitative estimate of drug-likeness (QED) is 0.821. The van der Waals surface area contributed by atoms with Crippen molar-refractivity contribution in [1.82, 2.24) is 4.98 Å². The number of benzene rings is 1. The van der Waals surface area contributed by atoms with Crippen molar-refractivity contribution in [2.45, 2.75) is 26.3 Å². The second-order valence-electron chi connectivity index (χ2n) is 5.48. The molecule has 0 fully saturated rings. The van der Waals surface area contributed by atoms with Crippen LogP contribution in [0.4, 0.5) is 11.5 Å². The van der Waals surface area contributed by atoms with Crippen molar-refractivity contribution >= 4 is 23.3 Å². The van der Waals surface area contributed by atoms with Crippen molar-refractivity contribution < 1.29 is 9.59 Å². The maximum atomic E-state index is 12.5. The first-order valence-corrected chi connectivity index (χ1v) is 7.22. The van der Waals surface area contributed by atoms with E-state index in [0.717, 1.165) is 23.4 Å². The fourth-order valence-corrected chi connectivity index (χ4v) is 2.77. The predicted molar refractivity (Wildman–Crippen MR) is 84.7 cm³/mol. The van der Waals surface area contributed by atoms with E-state index in [0.29, 0.717) is 5.82 Å². The molecule has 1 aliphatic heterocycles. The maximum absolute atomic E-state index is 12.5. The van der Waals surface area contributed by atoms with Gasteiger partial charge in [-0.3, -0.25) is 9.59 Å². The summed E-state index contributed by atoms with van der Waals surface area (Å²) in [5.74, 6) is -0.833. The van der Waals surface area contributed by atoms with E-state index >= 15 is 0 Å². The van der Waals surface area contributed by atoms with Gasteiger partial charge >= 0.3 is 11.8 Å². The third-order valence-corrected chi connectivity index (χ3v) is 3.75. The fraction of sp³-hybridized carbons (Fsp3) is 0.235. The zero-order chi connectivity index (χ0) is 15.7. The fourth-order valence-electron chi connectivity index (χ4n) is 2.77. The first kappa shape index (κ1) is 14.3. The number of carbonyl (C=O) groups excluding carboxylic acids is 2.